The Morgan fingerprint density at radius 3 is 2.17 bits per heavy atom. The topological polar surface area (TPSA) is 43.1 Å². The second kappa shape index (κ2) is 6.37. The number of nitro groups is 1. The summed E-state index contributed by atoms with van der Waals surface area (Å²) in [5.74, 6) is 0. The quantitative estimate of drug-likeness (QED) is 0.217. The van der Waals surface area contributed by atoms with Crippen molar-refractivity contribution in [3.8, 4) is 11.1 Å². The second-order valence-electron chi connectivity index (χ2n) is 7.42. The first kappa shape index (κ1) is 17.1. The van der Waals surface area contributed by atoms with Crippen molar-refractivity contribution in [2.24, 2.45) is 0 Å². The zero-order valence-corrected chi connectivity index (χ0v) is 16.6. The first-order valence-electron chi connectivity index (χ1n) is 9.71. The van der Waals surface area contributed by atoms with E-state index in [0.29, 0.717) is 10.9 Å². The van der Waals surface area contributed by atoms with E-state index in [2.05, 4.69) is 48.5 Å². The van der Waals surface area contributed by atoms with Crippen LogP contribution in [0.3, 0.4) is 0 Å². The normalized spacial score (nSPS) is 11.6. The maximum Gasteiger partial charge on any atom is 0.284 e. The molecule has 4 heteroatoms. The van der Waals surface area contributed by atoms with Crippen LogP contribution in [0.25, 0.3) is 52.8 Å². The highest BCUT2D eigenvalue weighted by molar-refractivity contribution is 7.26. The highest BCUT2D eigenvalue weighted by atomic mass is 32.1. The van der Waals surface area contributed by atoms with Crippen molar-refractivity contribution in [3.63, 3.8) is 0 Å². The highest BCUT2D eigenvalue weighted by Crippen LogP contribution is 2.42. The van der Waals surface area contributed by atoms with Crippen LogP contribution in [0.4, 0.5) is 5.69 Å². The molecule has 0 radical (unpaired) electrons. The summed E-state index contributed by atoms with van der Waals surface area (Å²) in [7, 11) is 0. The molecule has 3 nitrogen and oxygen atoms in total. The van der Waals surface area contributed by atoms with Crippen molar-refractivity contribution in [2.75, 3.05) is 0 Å². The molecule has 0 unspecified atom stereocenters. The number of nitro benzene ring substituents is 1. The Balaban J connectivity index is 1.66. The Kier molecular flexibility index (Phi) is 3.64. The fourth-order valence-corrected chi connectivity index (χ4v) is 5.58. The molecular formula is C26H15NO2S. The predicted molar refractivity (Wildman–Crippen MR) is 126 cm³/mol. The van der Waals surface area contributed by atoms with Crippen molar-refractivity contribution < 1.29 is 4.92 Å². The number of benzene rings is 5. The summed E-state index contributed by atoms with van der Waals surface area (Å²) in [6, 6.07) is 30.2. The first-order chi connectivity index (χ1) is 14.7. The Hall–Kier alpha value is -3.76. The van der Waals surface area contributed by atoms with Gasteiger partial charge in [0.1, 0.15) is 0 Å². The Bertz CT molecular complexity index is 1630. The van der Waals surface area contributed by atoms with E-state index in [4.69, 9.17) is 0 Å². The van der Waals surface area contributed by atoms with Gasteiger partial charge in [0.25, 0.3) is 5.69 Å². The standard InChI is InChI=1S/C26H15NO2S/c28-27(29)25-19-7-3-1-5-16(19)9-12-20(25)18-11-14-24-23(15-18)22-13-10-17-6-2-4-8-21(17)26(22)30-24/h1-15H. The van der Waals surface area contributed by atoms with Crippen molar-refractivity contribution in [2.45, 2.75) is 0 Å². The fourth-order valence-electron chi connectivity index (χ4n) is 4.36. The van der Waals surface area contributed by atoms with Gasteiger partial charge in [0, 0.05) is 20.2 Å². The highest BCUT2D eigenvalue weighted by Gasteiger charge is 2.20. The van der Waals surface area contributed by atoms with Gasteiger partial charge in [-0.05, 0) is 46.0 Å². The van der Waals surface area contributed by atoms with E-state index in [0.717, 1.165) is 16.3 Å². The van der Waals surface area contributed by atoms with Gasteiger partial charge in [-0.15, -0.1) is 11.3 Å². The number of fused-ring (bicyclic) bond motifs is 6. The zero-order valence-electron chi connectivity index (χ0n) is 15.8. The van der Waals surface area contributed by atoms with E-state index in [9.17, 15) is 10.1 Å². The largest absolute Gasteiger partial charge is 0.284 e. The fraction of sp³-hybridized carbons (Fsp3) is 0. The first-order valence-corrected chi connectivity index (χ1v) is 10.5. The summed E-state index contributed by atoms with van der Waals surface area (Å²) in [5, 5.41) is 18.3. The van der Waals surface area contributed by atoms with Crippen LogP contribution in [-0.4, -0.2) is 4.92 Å². The van der Waals surface area contributed by atoms with Gasteiger partial charge in [-0.1, -0.05) is 66.7 Å². The molecule has 0 aliphatic rings. The van der Waals surface area contributed by atoms with E-state index < -0.39 is 0 Å². The third-order valence-corrected chi connectivity index (χ3v) is 6.98. The van der Waals surface area contributed by atoms with Crippen LogP contribution < -0.4 is 0 Å². The van der Waals surface area contributed by atoms with E-state index >= 15 is 0 Å². The molecule has 0 bridgehead atoms. The molecule has 1 aromatic heterocycles. The molecule has 0 amide bonds. The molecule has 0 fully saturated rings. The number of hydrogen-bond donors (Lipinski definition) is 0. The maximum absolute atomic E-state index is 12.0. The van der Waals surface area contributed by atoms with Gasteiger partial charge in [0.15, 0.2) is 0 Å². The summed E-state index contributed by atoms with van der Waals surface area (Å²) in [6.45, 7) is 0. The Morgan fingerprint density at radius 1 is 0.667 bits per heavy atom. The lowest BCUT2D eigenvalue weighted by molar-refractivity contribution is -0.382. The van der Waals surface area contributed by atoms with E-state index in [-0.39, 0.29) is 10.6 Å². The third-order valence-electron chi connectivity index (χ3n) is 5.76. The van der Waals surface area contributed by atoms with Crippen molar-refractivity contribution in [1.82, 2.24) is 0 Å². The summed E-state index contributed by atoms with van der Waals surface area (Å²) in [5.41, 5.74) is 1.69. The average Bonchev–Trinajstić information content (AvgIpc) is 3.16. The molecule has 1 heterocycles. The molecule has 0 N–H and O–H groups in total. The average molecular weight is 405 g/mol. The minimum absolute atomic E-state index is 0.164. The molecule has 0 atom stereocenters. The monoisotopic (exact) mass is 405 g/mol. The van der Waals surface area contributed by atoms with Crippen LogP contribution >= 0.6 is 11.3 Å². The Labute approximate surface area is 176 Å². The van der Waals surface area contributed by atoms with Crippen molar-refractivity contribution in [1.29, 1.82) is 0 Å². The smallest absolute Gasteiger partial charge is 0.258 e. The minimum Gasteiger partial charge on any atom is -0.258 e. The molecule has 0 saturated carbocycles. The van der Waals surface area contributed by atoms with Crippen molar-refractivity contribution in [3.05, 3.63) is 101 Å². The van der Waals surface area contributed by atoms with Gasteiger partial charge in [0.2, 0.25) is 0 Å². The van der Waals surface area contributed by atoms with Gasteiger partial charge in [0.05, 0.1) is 15.9 Å². The molecule has 6 aromatic rings. The second-order valence-corrected chi connectivity index (χ2v) is 8.47. The molecule has 0 aliphatic carbocycles. The van der Waals surface area contributed by atoms with Crippen LogP contribution in [0.15, 0.2) is 91.0 Å². The summed E-state index contributed by atoms with van der Waals surface area (Å²) >= 11 is 1.77. The zero-order chi connectivity index (χ0) is 20.2. The van der Waals surface area contributed by atoms with E-state index in [1.54, 1.807) is 11.3 Å². The molecule has 142 valence electrons. The minimum atomic E-state index is -0.263. The number of hydrogen-bond acceptors (Lipinski definition) is 3. The maximum atomic E-state index is 12.0. The van der Waals surface area contributed by atoms with Crippen LogP contribution in [0, 0.1) is 10.1 Å². The van der Waals surface area contributed by atoms with E-state index in [1.165, 1.54) is 25.6 Å². The summed E-state index contributed by atoms with van der Waals surface area (Å²) in [6.07, 6.45) is 0. The van der Waals surface area contributed by atoms with Gasteiger partial charge in [-0.3, -0.25) is 10.1 Å². The predicted octanol–water partition coefficient (Wildman–Crippen LogP) is 7.94. The lowest BCUT2D eigenvalue weighted by Crippen LogP contribution is -1.93. The van der Waals surface area contributed by atoms with Gasteiger partial charge >= 0.3 is 0 Å². The number of thiophene rings is 1. The van der Waals surface area contributed by atoms with Crippen LogP contribution in [0.5, 0.6) is 0 Å². The molecule has 6 rings (SSSR count). The molecule has 0 saturated heterocycles. The van der Waals surface area contributed by atoms with Crippen molar-refractivity contribution >= 4 is 58.7 Å². The lowest BCUT2D eigenvalue weighted by Gasteiger charge is -2.07. The summed E-state index contributed by atoms with van der Waals surface area (Å²) in [4.78, 5) is 11.7. The molecule has 30 heavy (non-hydrogen) atoms. The Morgan fingerprint density at radius 2 is 1.37 bits per heavy atom. The molecular weight excluding hydrogens is 390 g/mol. The molecule has 5 aromatic carbocycles. The summed E-state index contributed by atoms with van der Waals surface area (Å²) < 4.78 is 2.45. The molecule has 0 aliphatic heterocycles. The third kappa shape index (κ3) is 2.44. The van der Waals surface area contributed by atoms with Crippen LogP contribution in [-0.2, 0) is 0 Å². The van der Waals surface area contributed by atoms with Crippen LogP contribution in [0.1, 0.15) is 0 Å². The lowest BCUT2D eigenvalue weighted by atomic mass is 9.97. The van der Waals surface area contributed by atoms with Gasteiger partial charge in [-0.25, -0.2) is 0 Å². The van der Waals surface area contributed by atoms with E-state index in [1.807, 2.05) is 42.5 Å². The van der Waals surface area contributed by atoms with Gasteiger partial charge < -0.3 is 0 Å². The van der Waals surface area contributed by atoms with Gasteiger partial charge in [-0.2, -0.15) is 0 Å². The molecule has 0 spiro atoms. The number of rotatable bonds is 2. The number of nitrogens with zero attached hydrogens (tertiary/aromatic N) is 1. The SMILES string of the molecule is O=[N+]([O-])c1c(-c2ccc3sc4c5ccccc5ccc4c3c2)ccc2ccccc12. The van der Waals surface area contributed by atoms with Crippen LogP contribution in [0.2, 0.25) is 0 Å².